The molecule has 3 fully saturated rings. The van der Waals surface area contributed by atoms with Crippen LogP contribution in [0, 0.1) is 27.6 Å². The number of benzene rings is 1. The maximum Gasteiger partial charge on any atom is 0.311 e. The van der Waals surface area contributed by atoms with Gasteiger partial charge in [0.05, 0.1) is 32.3 Å². The highest BCUT2D eigenvalue weighted by atomic mass is 16.5. The standard InChI is InChI=1S/C31H42O6/c1-27-9-10-28(2,26(34)37-8)17-22(27)31(5)14-12-29(3)18-15-20(35-6)25(36-7)24(33)23(18)19(32)16-21(29)30(31,4)13-11-27/h15-16,22,33H,9-14,17H2,1-8H3/t22?,27-,28-,29+,30-,31+/m1/s1. The summed E-state index contributed by atoms with van der Waals surface area (Å²) in [6.07, 6.45) is 8.37. The van der Waals surface area contributed by atoms with Crippen LogP contribution < -0.4 is 9.47 Å². The third-order valence-corrected chi connectivity index (χ3v) is 11.7. The van der Waals surface area contributed by atoms with Gasteiger partial charge in [0.1, 0.15) is 0 Å². The van der Waals surface area contributed by atoms with E-state index in [9.17, 15) is 14.7 Å². The summed E-state index contributed by atoms with van der Waals surface area (Å²) in [5.74, 6) is 0.530. The van der Waals surface area contributed by atoms with Crippen LogP contribution in [0.15, 0.2) is 17.7 Å². The number of fused-ring (bicyclic) bond motifs is 7. The zero-order valence-corrected chi connectivity index (χ0v) is 23.7. The largest absolute Gasteiger partial charge is 0.504 e. The molecule has 6 heteroatoms. The molecule has 3 saturated carbocycles. The molecule has 0 bridgehead atoms. The van der Waals surface area contributed by atoms with Gasteiger partial charge in [0, 0.05) is 5.41 Å². The van der Waals surface area contributed by atoms with E-state index in [1.807, 2.05) is 12.1 Å². The molecule has 37 heavy (non-hydrogen) atoms. The van der Waals surface area contributed by atoms with Crippen molar-refractivity contribution in [1.29, 1.82) is 0 Å². The number of aromatic hydroxyl groups is 1. The molecule has 0 aromatic heterocycles. The van der Waals surface area contributed by atoms with Crippen LogP contribution in [-0.2, 0) is 14.9 Å². The van der Waals surface area contributed by atoms with Gasteiger partial charge in [0.25, 0.3) is 0 Å². The molecule has 0 radical (unpaired) electrons. The van der Waals surface area contributed by atoms with Gasteiger partial charge in [-0.15, -0.1) is 0 Å². The Kier molecular flexibility index (Phi) is 5.65. The number of hydrogen-bond donors (Lipinski definition) is 1. The van der Waals surface area contributed by atoms with Gasteiger partial charge in [-0.3, -0.25) is 9.59 Å². The Morgan fingerprint density at radius 1 is 0.946 bits per heavy atom. The van der Waals surface area contributed by atoms with Gasteiger partial charge in [-0.1, -0.05) is 27.7 Å². The number of rotatable bonds is 3. The molecule has 0 aliphatic heterocycles. The maximum atomic E-state index is 13.7. The summed E-state index contributed by atoms with van der Waals surface area (Å²) < 4.78 is 16.2. The first-order valence-corrected chi connectivity index (χ1v) is 13.6. The quantitative estimate of drug-likeness (QED) is 0.476. The Bertz CT molecular complexity index is 1220. The molecular formula is C31H42O6. The topological polar surface area (TPSA) is 82.1 Å². The zero-order chi connectivity index (χ0) is 27.2. The second kappa shape index (κ2) is 8.00. The van der Waals surface area contributed by atoms with Crippen LogP contribution in [0.3, 0.4) is 0 Å². The summed E-state index contributed by atoms with van der Waals surface area (Å²) in [6, 6.07) is 1.90. The molecule has 4 aliphatic carbocycles. The second-order valence-electron chi connectivity index (χ2n) is 13.4. The van der Waals surface area contributed by atoms with Gasteiger partial charge < -0.3 is 19.3 Å². The maximum absolute atomic E-state index is 13.7. The van der Waals surface area contributed by atoms with Gasteiger partial charge in [0.2, 0.25) is 5.75 Å². The highest BCUT2D eigenvalue weighted by Gasteiger charge is 2.67. The van der Waals surface area contributed by atoms with Gasteiger partial charge in [-0.2, -0.15) is 0 Å². The lowest BCUT2D eigenvalue weighted by Crippen LogP contribution is -2.62. The molecule has 1 N–H and O–H groups in total. The third kappa shape index (κ3) is 3.16. The Balaban J connectivity index is 1.66. The molecule has 202 valence electrons. The van der Waals surface area contributed by atoms with Crippen molar-refractivity contribution in [2.24, 2.45) is 27.6 Å². The molecule has 1 aromatic rings. The number of phenols is 1. The monoisotopic (exact) mass is 510 g/mol. The van der Waals surface area contributed by atoms with Crippen LogP contribution in [0.25, 0.3) is 0 Å². The van der Waals surface area contributed by atoms with Crippen molar-refractivity contribution in [2.75, 3.05) is 21.3 Å². The minimum Gasteiger partial charge on any atom is -0.504 e. The first-order chi connectivity index (χ1) is 17.2. The summed E-state index contributed by atoms with van der Waals surface area (Å²) in [6.45, 7) is 11.5. The van der Waals surface area contributed by atoms with Gasteiger partial charge in [-0.25, -0.2) is 0 Å². The van der Waals surface area contributed by atoms with Gasteiger partial charge >= 0.3 is 5.97 Å². The fourth-order valence-electron chi connectivity index (χ4n) is 9.07. The number of phenolic OH excluding ortho intramolecular Hbond substituents is 1. The fraction of sp³-hybridized carbons (Fsp3) is 0.677. The average Bonchev–Trinajstić information content (AvgIpc) is 2.87. The van der Waals surface area contributed by atoms with Crippen LogP contribution in [-0.4, -0.2) is 38.2 Å². The molecule has 0 saturated heterocycles. The summed E-state index contributed by atoms with van der Waals surface area (Å²) in [7, 11) is 4.52. The minimum atomic E-state index is -0.486. The van der Waals surface area contributed by atoms with Crippen molar-refractivity contribution in [1.82, 2.24) is 0 Å². The van der Waals surface area contributed by atoms with Crippen molar-refractivity contribution < 1.29 is 28.9 Å². The van der Waals surface area contributed by atoms with E-state index in [2.05, 4.69) is 34.6 Å². The number of carbonyl (C=O) groups excluding carboxylic acids is 2. The van der Waals surface area contributed by atoms with Crippen molar-refractivity contribution in [3.8, 4) is 17.2 Å². The van der Waals surface area contributed by atoms with Crippen LogP contribution in [0.5, 0.6) is 17.2 Å². The highest BCUT2D eigenvalue weighted by molar-refractivity contribution is 6.11. The second-order valence-corrected chi connectivity index (χ2v) is 13.4. The van der Waals surface area contributed by atoms with E-state index < -0.39 is 10.8 Å². The van der Waals surface area contributed by atoms with Crippen LogP contribution in [0.1, 0.15) is 95.5 Å². The van der Waals surface area contributed by atoms with Crippen molar-refractivity contribution in [2.45, 2.75) is 85.0 Å². The summed E-state index contributed by atoms with van der Waals surface area (Å²) in [4.78, 5) is 26.6. The molecule has 4 aliphatic rings. The van der Waals surface area contributed by atoms with E-state index in [4.69, 9.17) is 14.2 Å². The van der Waals surface area contributed by atoms with E-state index in [-0.39, 0.29) is 39.5 Å². The smallest absolute Gasteiger partial charge is 0.311 e. The Morgan fingerprint density at radius 3 is 2.24 bits per heavy atom. The number of hydrogen-bond acceptors (Lipinski definition) is 6. The summed E-state index contributed by atoms with van der Waals surface area (Å²) in [5.41, 5.74) is 1.25. The Labute approximate surface area is 220 Å². The van der Waals surface area contributed by atoms with E-state index in [1.165, 1.54) is 14.2 Å². The number of allylic oxidation sites excluding steroid dienone is 2. The number of ketones is 1. The van der Waals surface area contributed by atoms with E-state index in [1.54, 1.807) is 7.11 Å². The van der Waals surface area contributed by atoms with Crippen molar-refractivity contribution in [3.05, 3.63) is 28.8 Å². The van der Waals surface area contributed by atoms with E-state index in [0.29, 0.717) is 17.2 Å². The van der Waals surface area contributed by atoms with E-state index in [0.717, 1.165) is 56.1 Å². The number of esters is 1. The SMILES string of the molecule is COC(=O)[C@]1(C)CC[C@]2(C)CC[C@]3(C)C4=CC(=O)c5c(cc(OC)c(OC)c5O)[C@]4(C)CC[C@@]3(C)C2C1. The predicted molar refractivity (Wildman–Crippen MR) is 141 cm³/mol. The van der Waals surface area contributed by atoms with Crippen LogP contribution >= 0.6 is 0 Å². The minimum absolute atomic E-state index is 0.0859. The predicted octanol–water partition coefficient (Wildman–Crippen LogP) is 6.38. The first kappa shape index (κ1) is 26.1. The molecule has 1 aromatic carbocycles. The lowest BCUT2D eigenvalue weighted by Gasteiger charge is -2.69. The van der Waals surface area contributed by atoms with Crippen LogP contribution in [0.2, 0.25) is 0 Å². The zero-order valence-electron chi connectivity index (χ0n) is 23.7. The summed E-state index contributed by atoms with van der Waals surface area (Å²) in [5, 5.41) is 11.1. The summed E-state index contributed by atoms with van der Waals surface area (Å²) >= 11 is 0. The highest BCUT2D eigenvalue weighted by Crippen LogP contribution is 2.74. The molecule has 0 spiro atoms. The normalized spacial score (nSPS) is 40.4. The lowest BCUT2D eigenvalue weighted by atomic mass is 9.34. The number of carbonyl (C=O) groups is 2. The van der Waals surface area contributed by atoms with Gasteiger partial charge in [-0.05, 0) is 97.3 Å². The molecule has 0 heterocycles. The van der Waals surface area contributed by atoms with Crippen molar-refractivity contribution >= 4 is 11.8 Å². The lowest BCUT2D eigenvalue weighted by molar-refractivity contribution is -0.179. The molecular weight excluding hydrogens is 468 g/mol. The number of ether oxygens (including phenoxy) is 3. The third-order valence-electron chi connectivity index (χ3n) is 11.7. The molecule has 1 unspecified atom stereocenters. The molecule has 5 rings (SSSR count). The fourth-order valence-corrected chi connectivity index (χ4v) is 9.07. The Morgan fingerprint density at radius 2 is 1.62 bits per heavy atom. The first-order valence-electron chi connectivity index (χ1n) is 13.6. The molecule has 0 amide bonds. The Hall–Kier alpha value is -2.50. The molecule has 6 nitrogen and oxygen atoms in total. The number of methoxy groups -OCH3 is 3. The molecule has 6 atom stereocenters. The van der Waals surface area contributed by atoms with Gasteiger partial charge in [0.15, 0.2) is 17.3 Å². The van der Waals surface area contributed by atoms with E-state index >= 15 is 0 Å². The average molecular weight is 511 g/mol. The van der Waals surface area contributed by atoms with Crippen molar-refractivity contribution in [3.63, 3.8) is 0 Å². The van der Waals surface area contributed by atoms with Crippen LogP contribution in [0.4, 0.5) is 0 Å².